The van der Waals surface area contributed by atoms with Crippen molar-refractivity contribution in [1.29, 1.82) is 0 Å². The molecule has 0 bridgehead atoms. The number of pyridine rings is 2. The van der Waals surface area contributed by atoms with Gasteiger partial charge in [-0.15, -0.1) is 0 Å². The number of carboxylic acid groups (broad SMARTS) is 1. The molecule has 8 heteroatoms. The molecule has 0 aliphatic heterocycles. The lowest BCUT2D eigenvalue weighted by atomic mass is 10.0. The Morgan fingerprint density at radius 1 is 1.07 bits per heavy atom. The Labute approximate surface area is 168 Å². The Morgan fingerprint density at radius 2 is 1.83 bits per heavy atom. The minimum Gasteiger partial charge on any atom is -0.449 e. The van der Waals surface area contributed by atoms with Crippen molar-refractivity contribution in [2.45, 2.75) is 6.54 Å². The van der Waals surface area contributed by atoms with Gasteiger partial charge in [-0.05, 0) is 35.4 Å². The van der Waals surface area contributed by atoms with Gasteiger partial charge in [0.2, 0.25) is 11.4 Å². The quantitative estimate of drug-likeness (QED) is 0.399. The van der Waals surface area contributed by atoms with E-state index in [9.17, 15) is 18.4 Å². The molecule has 0 amide bonds. The lowest BCUT2D eigenvalue weighted by Gasteiger charge is -2.14. The van der Waals surface area contributed by atoms with Crippen LogP contribution in [-0.2, 0) is 6.54 Å². The van der Waals surface area contributed by atoms with Gasteiger partial charge >= 0.3 is 6.16 Å². The van der Waals surface area contributed by atoms with Gasteiger partial charge in [0.25, 0.3) is 0 Å². The van der Waals surface area contributed by atoms with E-state index in [1.165, 1.54) is 24.5 Å². The first kappa shape index (κ1) is 19.3. The van der Waals surface area contributed by atoms with Gasteiger partial charge in [-0.25, -0.2) is 14.2 Å². The SMILES string of the molecule is O=C(O)Oc1cn(Cc2ccc(-c3ccnc(F)c3)cc2F)c2ccccc2c1=O. The molecular weight excluding hydrogens is 394 g/mol. The number of para-hydroxylation sites is 1. The van der Waals surface area contributed by atoms with Crippen LogP contribution in [0, 0.1) is 11.8 Å². The van der Waals surface area contributed by atoms with Crippen molar-refractivity contribution in [2.24, 2.45) is 0 Å². The minimum atomic E-state index is -1.62. The summed E-state index contributed by atoms with van der Waals surface area (Å²) in [7, 11) is 0. The maximum absolute atomic E-state index is 14.8. The average molecular weight is 408 g/mol. The average Bonchev–Trinajstić information content (AvgIpc) is 2.72. The number of rotatable bonds is 4. The third-order valence-electron chi connectivity index (χ3n) is 4.61. The van der Waals surface area contributed by atoms with Crippen molar-refractivity contribution in [2.75, 3.05) is 0 Å². The summed E-state index contributed by atoms with van der Waals surface area (Å²) in [6.45, 7) is 0.0214. The maximum atomic E-state index is 14.8. The second-order valence-electron chi connectivity index (χ2n) is 6.51. The van der Waals surface area contributed by atoms with Crippen LogP contribution in [0.15, 0.2) is 71.8 Å². The number of hydrogen-bond donors (Lipinski definition) is 1. The third-order valence-corrected chi connectivity index (χ3v) is 4.61. The monoisotopic (exact) mass is 408 g/mol. The summed E-state index contributed by atoms with van der Waals surface area (Å²) in [5, 5.41) is 9.14. The van der Waals surface area contributed by atoms with Gasteiger partial charge in [0.1, 0.15) is 5.82 Å². The summed E-state index contributed by atoms with van der Waals surface area (Å²) >= 11 is 0. The summed E-state index contributed by atoms with van der Waals surface area (Å²) in [6, 6.07) is 13.8. The molecule has 4 rings (SSSR count). The van der Waals surface area contributed by atoms with Gasteiger partial charge in [-0.2, -0.15) is 4.39 Å². The van der Waals surface area contributed by atoms with Gasteiger partial charge < -0.3 is 14.4 Å². The van der Waals surface area contributed by atoms with E-state index in [0.717, 1.165) is 0 Å². The maximum Gasteiger partial charge on any atom is 0.511 e. The third kappa shape index (κ3) is 3.75. The first-order chi connectivity index (χ1) is 14.4. The molecule has 30 heavy (non-hydrogen) atoms. The molecule has 4 aromatic rings. The summed E-state index contributed by atoms with van der Waals surface area (Å²) < 4.78 is 34.3. The predicted molar refractivity (Wildman–Crippen MR) is 106 cm³/mol. The summed E-state index contributed by atoms with van der Waals surface area (Å²) in [4.78, 5) is 26.9. The molecule has 1 N–H and O–H groups in total. The second-order valence-corrected chi connectivity index (χ2v) is 6.51. The number of fused-ring (bicyclic) bond motifs is 1. The Balaban J connectivity index is 1.76. The fraction of sp³-hybridized carbons (Fsp3) is 0.0455. The highest BCUT2D eigenvalue weighted by atomic mass is 19.1. The number of ether oxygens (including phenoxy) is 1. The molecule has 0 saturated carbocycles. The highest BCUT2D eigenvalue weighted by molar-refractivity contribution is 5.81. The van der Waals surface area contributed by atoms with Gasteiger partial charge in [-0.1, -0.05) is 24.3 Å². The molecule has 2 aromatic heterocycles. The zero-order valence-electron chi connectivity index (χ0n) is 15.4. The highest BCUT2D eigenvalue weighted by Crippen LogP contribution is 2.24. The standard InChI is InChI=1S/C22H14F2N2O4/c23-17-9-13(14-7-8-25-20(24)10-14)5-6-15(17)11-26-12-19(30-22(28)29)21(27)16-3-1-2-4-18(16)26/h1-10,12H,11H2,(H,28,29). The minimum absolute atomic E-state index is 0.0214. The van der Waals surface area contributed by atoms with E-state index in [-0.39, 0.29) is 17.7 Å². The number of benzene rings is 2. The topological polar surface area (TPSA) is 81.4 Å². The van der Waals surface area contributed by atoms with E-state index >= 15 is 0 Å². The zero-order chi connectivity index (χ0) is 21.3. The van der Waals surface area contributed by atoms with Gasteiger partial charge in [0.15, 0.2) is 5.75 Å². The molecular formula is C22H14F2N2O4. The van der Waals surface area contributed by atoms with E-state index in [1.54, 1.807) is 47.0 Å². The van der Waals surface area contributed by atoms with E-state index < -0.39 is 23.3 Å². The predicted octanol–water partition coefficient (Wildman–Crippen LogP) is 4.45. The molecule has 0 aliphatic carbocycles. The Kier molecular flexibility index (Phi) is 4.97. The first-order valence-corrected chi connectivity index (χ1v) is 8.85. The Hall–Kier alpha value is -4.07. The Bertz CT molecular complexity index is 1330. The van der Waals surface area contributed by atoms with Crippen LogP contribution in [0.25, 0.3) is 22.0 Å². The molecule has 0 saturated heterocycles. The smallest absolute Gasteiger partial charge is 0.449 e. The molecule has 2 heterocycles. The largest absolute Gasteiger partial charge is 0.511 e. The van der Waals surface area contributed by atoms with Crippen LogP contribution in [0.2, 0.25) is 0 Å². The number of hydrogen-bond acceptors (Lipinski definition) is 4. The fourth-order valence-corrected chi connectivity index (χ4v) is 3.24. The first-order valence-electron chi connectivity index (χ1n) is 8.85. The van der Waals surface area contributed by atoms with Crippen molar-refractivity contribution < 1.29 is 23.4 Å². The molecule has 150 valence electrons. The van der Waals surface area contributed by atoms with Crippen LogP contribution in [0.5, 0.6) is 5.75 Å². The summed E-state index contributed by atoms with van der Waals surface area (Å²) in [5.41, 5.74) is 1.19. The number of nitrogens with zero attached hydrogens (tertiary/aromatic N) is 2. The molecule has 2 aromatic carbocycles. The van der Waals surface area contributed by atoms with E-state index in [0.29, 0.717) is 22.2 Å². The van der Waals surface area contributed by atoms with E-state index in [1.807, 2.05) is 0 Å². The lowest BCUT2D eigenvalue weighted by molar-refractivity contribution is 0.144. The lowest BCUT2D eigenvalue weighted by Crippen LogP contribution is -2.16. The van der Waals surface area contributed by atoms with Gasteiger partial charge in [0, 0.05) is 23.2 Å². The van der Waals surface area contributed by atoms with Crippen molar-refractivity contribution in [3.63, 3.8) is 0 Å². The zero-order valence-corrected chi connectivity index (χ0v) is 15.4. The van der Waals surface area contributed by atoms with E-state index in [2.05, 4.69) is 9.72 Å². The van der Waals surface area contributed by atoms with Gasteiger partial charge in [0.05, 0.1) is 18.3 Å². The normalized spacial score (nSPS) is 10.9. The van der Waals surface area contributed by atoms with E-state index in [4.69, 9.17) is 5.11 Å². The molecule has 0 atom stereocenters. The van der Waals surface area contributed by atoms with Crippen LogP contribution in [0.3, 0.4) is 0 Å². The van der Waals surface area contributed by atoms with Gasteiger partial charge in [-0.3, -0.25) is 4.79 Å². The number of carbonyl (C=O) groups is 1. The second kappa shape index (κ2) is 7.75. The molecule has 6 nitrogen and oxygen atoms in total. The van der Waals surface area contributed by atoms with Crippen molar-refractivity contribution in [3.8, 4) is 16.9 Å². The van der Waals surface area contributed by atoms with Crippen LogP contribution < -0.4 is 10.2 Å². The summed E-state index contributed by atoms with van der Waals surface area (Å²) in [6.07, 6.45) is 0.922. The van der Waals surface area contributed by atoms with Crippen LogP contribution in [-0.4, -0.2) is 20.8 Å². The fourth-order valence-electron chi connectivity index (χ4n) is 3.24. The Morgan fingerprint density at radius 3 is 2.57 bits per heavy atom. The molecule has 0 unspecified atom stereocenters. The highest BCUT2D eigenvalue weighted by Gasteiger charge is 2.14. The molecule has 0 radical (unpaired) electrons. The molecule has 0 fully saturated rings. The van der Waals surface area contributed by atoms with Crippen LogP contribution >= 0.6 is 0 Å². The summed E-state index contributed by atoms with van der Waals surface area (Å²) in [5.74, 6) is -1.57. The van der Waals surface area contributed by atoms with Crippen LogP contribution in [0.1, 0.15) is 5.56 Å². The van der Waals surface area contributed by atoms with Crippen molar-refractivity contribution >= 4 is 17.1 Å². The number of halogens is 2. The van der Waals surface area contributed by atoms with Crippen molar-refractivity contribution in [1.82, 2.24) is 9.55 Å². The van der Waals surface area contributed by atoms with Crippen LogP contribution in [0.4, 0.5) is 13.6 Å². The molecule has 0 aliphatic rings. The number of aromatic nitrogens is 2. The molecule has 0 spiro atoms. The van der Waals surface area contributed by atoms with Crippen molar-refractivity contribution in [3.05, 3.63) is 94.5 Å².